The first-order valence-electron chi connectivity index (χ1n) is 5.97. The Morgan fingerprint density at radius 3 is 2.57 bits per heavy atom. The van der Waals surface area contributed by atoms with Gasteiger partial charge in [-0.15, -0.1) is 0 Å². The average molecular weight is 350 g/mol. The van der Waals surface area contributed by atoms with Gasteiger partial charge in [-0.05, 0) is 46.3 Å². The van der Waals surface area contributed by atoms with Crippen molar-refractivity contribution in [1.29, 1.82) is 0 Å². The number of nitrogens with zero attached hydrogens (tertiary/aromatic N) is 2. The lowest BCUT2D eigenvalue weighted by Crippen LogP contribution is -1.93. The highest BCUT2D eigenvalue weighted by atomic mass is 79.9. The number of hydrazone groups is 1. The quantitative estimate of drug-likeness (QED) is 0.505. The third-order valence-corrected chi connectivity index (χ3v) is 3.37. The van der Waals surface area contributed by atoms with Gasteiger partial charge in [0.1, 0.15) is 5.75 Å². The SMILES string of the molecule is COc1ccc(NN=Cc2ccc([N+](=O)[O-])cc2Br)cc1. The molecule has 0 saturated carbocycles. The van der Waals surface area contributed by atoms with E-state index in [1.165, 1.54) is 12.1 Å². The summed E-state index contributed by atoms with van der Waals surface area (Å²) in [4.78, 5) is 10.2. The van der Waals surface area contributed by atoms with Crippen LogP contribution in [-0.4, -0.2) is 18.2 Å². The molecule has 0 aliphatic rings. The maximum absolute atomic E-state index is 10.6. The summed E-state index contributed by atoms with van der Waals surface area (Å²) in [6.07, 6.45) is 1.58. The molecule has 0 unspecified atom stereocenters. The van der Waals surface area contributed by atoms with Crippen molar-refractivity contribution in [2.24, 2.45) is 5.10 Å². The van der Waals surface area contributed by atoms with Crippen molar-refractivity contribution in [1.82, 2.24) is 0 Å². The van der Waals surface area contributed by atoms with Crippen LogP contribution in [0.3, 0.4) is 0 Å². The Labute approximate surface area is 129 Å². The molecule has 0 atom stereocenters. The Kier molecular flexibility index (Phi) is 4.89. The molecule has 0 heterocycles. The first-order valence-corrected chi connectivity index (χ1v) is 6.76. The number of hydrogen-bond donors (Lipinski definition) is 1. The lowest BCUT2D eigenvalue weighted by atomic mass is 10.2. The van der Waals surface area contributed by atoms with E-state index in [9.17, 15) is 10.1 Å². The van der Waals surface area contributed by atoms with Crippen LogP contribution in [0, 0.1) is 10.1 Å². The van der Waals surface area contributed by atoms with Gasteiger partial charge in [0.2, 0.25) is 0 Å². The molecule has 2 aromatic rings. The summed E-state index contributed by atoms with van der Waals surface area (Å²) in [5.41, 5.74) is 4.45. The number of non-ortho nitro benzene ring substituents is 1. The standard InChI is InChI=1S/C14H12BrN3O3/c1-21-13-6-3-11(4-7-13)17-16-9-10-2-5-12(18(19)20)8-14(10)15/h2-9,17H,1H3. The van der Waals surface area contributed by atoms with Crippen LogP contribution in [0.5, 0.6) is 5.75 Å². The number of nitro benzene ring substituents is 1. The molecule has 6 nitrogen and oxygen atoms in total. The first-order chi connectivity index (χ1) is 10.1. The van der Waals surface area contributed by atoms with Crippen LogP contribution in [0.2, 0.25) is 0 Å². The van der Waals surface area contributed by atoms with Crippen LogP contribution in [-0.2, 0) is 0 Å². The highest BCUT2D eigenvalue weighted by Crippen LogP contribution is 2.22. The number of nitro groups is 1. The van der Waals surface area contributed by atoms with E-state index in [4.69, 9.17) is 4.74 Å². The summed E-state index contributed by atoms with van der Waals surface area (Å²) in [6, 6.07) is 11.8. The Hall–Kier alpha value is -2.41. The molecule has 0 amide bonds. The van der Waals surface area contributed by atoms with Crippen molar-refractivity contribution in [3.8, 4) is 5.75 Å². The van der Waals surface area contributed by atoms with Gasteiger partial charge in [0, 0.05) is 22.2 Å². The minimum absolute atomic E-state index is 0.0298. The van der Waals surface area contributed by atoms with Crippen molar-refractivity contribution < 1.29 is 9.66 Å². The van der Waals surface area contributed by atoms with Crippen molar-refractivity contribution in [3.05, 3.63) is 62.6 Å². The van der Waals surface area contributed by atoms with E-state index >= 15 is 0 Å². The van der Waals surface area contributed by atoms with E-state index in [2.05, 4.69) is 26.5 Å². The Morgan fingerprint density at radius 2 is 2.00 bits per heavy atom. The maximum Gasteiger partial charge on any atom is 0.270 e. The number of anilines is 1. The smallest absolute Gasteiger partial charge is 0.270 e. The number of hydrogen-bond acceptors (Lipinski definition) is 5. The average Bonchev–Trinajstić information content (AvgIpc) is 2.49. The summed E-state index contributed by atoms with van der Waals surface area (Å²) in [6.45, 7) is 0. The van der Waals surface area contributed by atoms with Gasteiger partial charge in [0.15, 0.2) is 0 Å². The molecule has 0 aliphatic heterocycles. The number of nitrogens with one attached hydrogen (secondary N) is 1. The minimum atomic E-state index is -0.443. The van der Waals surface area contributed by atoms with Crippen LogP contribution in [0.25, 0.3) is 0 Å². The number of halogens is 1. The molecule has 21 heavy (non-hydrogen) atoms. The molecule has 0 radical (unpaired) electrons. The van der Waals surface area contributed by atoms with Crippen LogP contribution < -0.4 is 10.2 Å². The van der Waals surface area contributed by atoms with Gasteiger partial charge >= 0.3 is 0 Å². The third kappa shape index (κ3) is 4.03. The van der Waals surface area contributed by atoms with Gasteiger partial charge in [0.25, 0.3) is 5.69 Å². The molecule has 7 heteroatoms. The van der Waals surface area contributed by atoms with Crippen molar-refractivity contribution in [3.63, 3.8) is 0 Å². The molecule has 0 aromatic heterocycles. The van der Waals surface area contributed by atoms with E-state index in [1.807, 2.05) is 24.3 Å². The highest BCUT2D eigenvalue weighted by molar-refractivity contribution is 9.10. The molecule has 1 N–H and O–H groups in total. The van der Waals surface area contributed by atoms with Gasteiger partial charge < -0.3 is 4.74 Å². The Bertz CT molecular complexity index is 672. The molecular weight excluding hydrogens is 338 g/mol. The fraction of sp³-hybridized carbons (Fsp3) is 0.0714. The normalized spacial score (nSPS) is 10.6. The second kappa shape index (κ2) is 6.85. The number of ether oxygens (including phenoxy) is 1. The zero-order chi connectivity index (χ0) is 15.2. The van der Waals surface area contributed by atoms with Crippen LogP contribution in [0.1, 0.15) is 5.56 Å². The van der Waals surface area contributed by atoms with Crippen molar-refractivity contribution >= 4 is 33.5 Å². The molecule has 0 spiro atoms. The summed E-state index contributed by atoms with van der Waals surface area (Å²) in [5, 5.41) is 14.7. The highest BCUT2D eigenvalue weighted by Gasteiger charge is 2.07. The van der Waals surface area contributed by atoms with E-state index < -0.39 is 4.92 Å². The molecule has 0 bridgehead atoms. The monoisotopic (exact) mass is 349 g/mol. The van der Waals surface area contributed by atoms with Gasteiger partial charge in [-0.3, -0.25) is 15.5 Å². The second-order valence-electron chi connectivity index (χ2n) is 4.06. The van der Waals surface area contributed by atoms with Crippen molar-refractivity contribution in [2.45, 2.75) is 0 Å². The molecule has 0 aliphatic carbocycles. The third-order valence-electron chi connectivity index (χ3n) is 2.68. The summed E-state index contributed by atoms with van der Waals surface area (Å²) < 4.78 is 5.67. The fourth-order valence-electron chi connectivity index (χ4n) is 1.58. The Morgan fingerprint density at radius 1 is 1.29 bits per heavy atom. The second-order valence-corrected chi connectivity index (χ2v) is 4.92. The van der Waals surface area contributed by atoms with Crippen molar-refractivity contribution in [2.75, 3.05) is 12.5 Å². The minimum Gasteiger partial charge on any atom is -0.497 e. The Balaban J connectivity index is 2.05. The molecule has 108 valence electrons. The van der Waals surface area contributed by atoms with Gasteiger partial charge in [-0.2, -0.15) is 5.10 Å². The topological polar surface area (TPSA) is 76.8 Å². The zero-order valence-electron chi connectivity index (χ0n) is 11.1. The van der Waals surface area contributed by atoms with Gasteiger partial charge in [0.05, 0.1) is 23.9 Å². The number of benzene rings is 2. The molecule has 0 saturated heterocycles. The number of methoxy groups -OCH3 is 1. The van der Waals surface area contributed by atoms with E-state index in [0.29, 0.717) is 4.47 Å². The van der Waals surface area contributed by atoms with E-state index in [1.54, 1.807) is 19.4 Å². The molecule has 2 rings (SSSR count). The van der Waals surface area contributed by atoms with Gasteiger partial charge in [-0.1, -0.05) is 0 Å². The van der Waals surface area contributed by atoms with Crippen LogP contribution in [0.15, 0.2) is 52.0 Å². The molecule has 0 fully saturated rings. The predicted octanol–water partition coefficient (Wildman–Crippen LogP) is 3.81. The molecule has 2 aromatic carbocycles. The lowest BCUT2D eigenvalue weighted by Gasteiger charge is -2.02. The fourth-order valence-corrected chi connectivity index (χ4v) is 2.05. The molecular formula is C14H12BrN3O3. The predicted molar refractivity (Wildman–Crippen MR) is 85.0 cm³/mol. The maximum atomic E-state index is 10.6. The largest absolute Gasteiger partial charge is 0.497 e. The summed E-state index contributed by atoms with van der Waals surface area (Å²) in [5.74, 6) is 0.766. The van der Waals surface area contributed by atoms with E-state index in [0.717, 1.165) is 17.0 Å². The lowest BCUT2D eigenvalue weighted by molar-refractivity contribution is -0.384. The summed E-state index contributed by atoms with van der Waals surface area (Å²) >= 11 is 3.28. The van der Waals surface area contributed by atoms with Crippen LogP contribution in [0.4, 0.5) is 11.4 Å². The van der Waals surface area contributed by atoms with E-state index in [-0.39, 0.29) is 5.69 Å². The number of rotatable bonds is 5. The zero-order valence-corrected chi connectivity index (χ0v) is 12.7. The van der Waals surface area contributed by atoms with Crippen LogP contribution >= 0.6 is 15.9 Å². The first kappa shape index (κ1) is 15.0. The summed E-state index contributed by atoms with van der Waals surface area (Å²) in [7, 11) is 1.60. The van der Waals surface area contributed by atoms with Gasteiger partial charge in [-0.25, -0.2) is 0 Å².